The lowest BCUT2D eigenvalue weighted by molar-refractivity contribution is -0.145. The van der Waals surface area contributed by atoms with Crippen molar-refractivity contribution in [1.29, 1.82) is 0 Å². The molecule has 1 amide bonds. The molecule has 9 heteroatoms. The van der Waals surface area contributed by atoms with Gasteiger partial charge in [-0.2, -0.15) is 4.31 Å². The lowest BCUT2D eigenvalue weighted by atomic mass is 10.1. The number of nitrogens with zero attached hydrogens (tertiary/aromatic N) is 1. The Morgan fingerprint density at radius 2 is 1.74 bits per heavy atom. The number of thiophene rings is 1. The van der Waals surface area contributed by atoms with Crippen LogP contribution in [0.3, 0.4) is 0 Å². The molecule has 0 aliphatic heterocycles. The van der Waals surface area contributed by atoms with Gasteiger partial charge in [-0.25, -0.2) is 13.2 Å². The minimum Gasteiger partial charge on any atom is -0.467 e. The van der Waals surface area contributed by atoms with E-state index in [9.17, 15) is 18.0 Å². The molecular formula is C25H28N2O5S2. The summed E-state index contributed by atoms with van der Waals surface area (Å²) >= 11 is 1.53. The molecule has 0 saturated heterocycles. The maximum absolute atomic E-state index is 13.4. The van der Waals surface area contributed by atoms with Gasteiger partial charge in [0.1, 0.15) is 6.04 Å². The van der Waals surface area contributed by atoms with Crippen LogP contribution in [0.15, 0.2) is 77.0 Å². The van der Waals surface area contributed by atoms with E-state index in [1.54, 1.807) is 12.1 Å². The van der Waals surface area contributed by atoms with E-state index in [2.05, 4.69) is 5.32 Å². The molecule has 0 spiro atoms. The predicted molar refractivity (Wildman–Crippen MR) is 132 cm³/mol. The first-order chi connectivity index (χ1) is 16.3. The van der Waals surface area contributed by atoms with E-state index < -0.39 is 34.5 Å². The number of carbonyl (C=O) groups is 2. The van der Waals surface area contributed by atoms with Crippen LogP contribution in [0, 0.1) is 6.92 Å². The van der Waals surface area contributed by atoms with Gasteiger partial charge in [0.05, 0.1) is 18.6 Å². The number of methoxy groups -OCH3 is 1. The number of sulfonamides is 1. The molecule has 0 unspecified atom stereocenters. The van der Waals surface area contributed by atoms with Crippen LogP contribution in [-0.2, 0) is 37.2 Å². The number of rotatable bonds is 11. The first-order valence-corrected chi connectivity index (χ1v) is 13.1. The normalized spacial score (nSPS) is 12.3. The third-order valence-electron chi connectivity index (χ3n) is 5.27. The first-order valence-electron chi connectivity index (χ1n) is 10.8. The van der Waals surface area contributed by atoms with Crippen LogP contribution in [0.5, 0.6) is 0 Å². The number of nitrogens with one attached hydrogen (secondary N) is 1. The quantitative estimate of drug-likeness (QED) is 0.408. The van der Waals surface area contributed by atoms with Crippen molar-refractivity contribution in [2.45, 2.75) is 30.7 Å². The first kappa shape index (κ1) is 25.6. The van der Waals surface area contributed by atoms with Crippen LogP contribution in [0.4, 0.5) is 0 Å². The van der Waals surface area contributed by atoms with Gasteiger partial charge in [-0.1, -0.05) is 54.1 Å². The molecule has 0 radical (unpaired) electrons. The molecule has 3 aromatic rings. The maximum atomic E-state index is 13.4. The highest BCUT2D eigenvalue weighted by atomic mass is 32.2. The smallest absolute Gasteiger partial charge is 0.328 e. The van der Waals surface area contributed by atoms with Gasteiger partial charge in [-0.15, -0.1) is 11.3 Å². The molecule has 0 aliphatic carbocycles. The SMILES string of the molecule is COC(=O)[C@H](Cc1ccccc1)NC(=O)CN(CCc1cccs1)S(=O)(=O)c1ccc(C)cc1. The Morgan fingerprint density at radius 1 is 1.03 bits per heavy atom. The molecule has 1 atom stereocenters. The highest BCUT2D eigenvalue weighted by Crippen LogP contribution is 2.18. The number of hydrogen-bond donors (Lipinski definition) is 1. The fourth-order valence-corrected chi connectivity index (χ4v) is 5.51. The summed E-state index contributed by atoms with van der Waals surface area (Å²) in [5, 5.41) is 4.58. The van der Waals surface area contributed by atoms with E-state index >= 15 is 0 Å². The van der Waals surface area contributed by atoms with Gasteiger partial charge in [0.2, 0.25) is 15.9 Å². The second kappa shape index (κ2) is 11.9. The van der Waals surface area contributed by atoms with Gasteiger partial charge in [0.25, 0.3) is 0 Å². The van der Waals surface area contributed by atoms with Crippen molar-refractivity contribution in [3.63, 3.8) is 0 Å². The Hall–Kier alpha value is -3.01. The molecule has 7 nitrogen and oxygen atoms in total. The van der Waals surface area contributed by atoms with E-state index in [4.69, 9.17) is 4.74 Å². The van der Waals surface area contributed by atoms with Crippen molar-refractivity contribution >= 4 is 33.2 Å². The zero-order chi connectivity index (χ0) is 24.6. The highest BCUT2D eigenvalue weighted by Gasteiger charge is 2.29. The fraction of sp³-hybridized carbons (Fsp3) is 0.280. The standard InChI is InChI=1S/C25H28N2O5S2/c1-19-10-12-22(13-11-19)34(30,31)27(15-14-21-9-6-16-33-21)18-24(28)26-23(25(29)32-2)17-20-7-4-3-5-8-20/h3-13,16,23H,14-15,17-18H2,1-2H3,(H,26,28)/t23-/m0/s1. The molecule has 0 bridgehead atoms. The van der Waals surface area contributed by atoms with Gasteiger partial charge < -0.3 is 10.1 Å². The van der Waals surface area contributed by atoms with Gasteiger partial charge in [0, 0.05) is 17.8 Å². The Bertz CT molecular complexity index is 1180. The lowest BCUT2D eigenvalue weighted by Gasteiger charge is -2.23. The fourth-order valence-electron chi connectivity index (χ4n) is 3.42. The van der Waals surface area contributed by atoms with Gasteiger partial charge in [0.15, 0.2) is 0 Å². The summed E-state index contributed by atoms with van der Waals surface area (Å²) < 4.78 is 32.7. The third kappa shape index (κ3) is 6.99. The van der Waals surface area contributed by atoms with Crippen LogP contribution < -0.4 is 5.32 Å². The second-order valence-corrected chi connectivity index (χ2v) is 10.8. The van der Waals surface area contributed by atoms with Crippen LogP contribution in [0.25, 0.3) is 0 Å². The summed E-state index contributed by atoms with van der Waals surface area (Å²) in [6, 6.07) is 18.6. The van der Waals surface area contributed by atoms with E-state index in [1.807, 2.05) is 54.8 Å². The zero-order valence-corrected chi connectivity index (χ0v) is 20.8. The number of aryl methyl sites for hydroxylation is 1. The summed E-state index contributed by atoms with van der Waals surface area (Å²) in [4.78, 5) is 26.4. The molecule has 1 heterocycles. The number of ether oxygens (including phenoxy) is 1. The molecule has 1 N–H and O–H groups in total. The summed E-state index contributed by atoms with van der Waals surface area (Å²) in [5.74, 6) is -1.17. The van der Waals surface area contributed by atoms with E-state index in [1.165, 1.54) is 30.6 Å². The molecule has 180 valence electrons. The number of esters is 1. The minimum absolute atomic E-state index is 0.117. The van der Waals surface area contributed by atoms with E-state index in [-0.39, 0.29) is 17.9 Å². The molecule has 2 aromatic carbocycles. The van der Waals surface area contributed by atoms with E-state index in [0.717, 1.165) is 20.3 Å². The molecule has 0 saturated carbocycles. The highest BCUT2D eigenvalue weighted by molar-refractivity contribution is 7.89. The Morgan fingerprint density at radius 3 is 2.35 bits per heavy atom. The summed E-state index contributed by atoms with van der Waals surface area (Å²) in [5.41, 5.74) is 1.78. The van der Waals surface area contributed by atoms with Crippen LogP contribution in [0.1, 0.15) is 16.0 Å². The molecule has 3 rings (SSSR count). The van der Waals surface area contributed by atoms with Gasteiger partial charge >= 0.3 is 5.97 Å². The number of hydrogen-bond acceptors (Lipinski definition) is 6. The molecular weight excluding hydrogens is 472 g/mol. The van der Waals surface area contributed by atoms with Crippen LogP contribution in [0.2, 0.25) is 0 Å². The third-order valence-corrected chi connectivity index (χ3v) is 8.07. The zero-order valence-electron chi connectivity index (χ0n) is 19.1. The Balaban J connectivity index is 1.78. The molecule has 1 aromatic heterocycles. The second-order valence-electron chi connectivity index (χ2n) is 7.81. The minimum atomic E-state index is -3.93. The largest absolute Gasteiger partial charge is 0.467 e. The van der Waals surface area contributed by atoms with Crippen molar-refractivity contribution in [3.8, 4) is 0 Å². The summed E-state index contributed by atoms with van der Waals surface area (Å²) in [6.45, 7) is 1.59. The van der Waals surface area contributed by atoms with Crippen molar-refractivity contribution in [1.82, 2.24) is 9.62 Å². The predicted octanol–water partition coefficient (Wildman–Crippen LogP) is 3.19. The lowest BCUT2D eigenvalue weighted by Crippen LogP contribution is -2.48. The maximum Gasteiger partial charge on any atom is 0.328 e. The van der Waals surface area contributed by atoms with Crippen molar-refractivity contribution in [2.75, 3.05) is 20.2 Å². The van der Waals surface area contributed by atoms with Crippen LogP contribution in [-0.4, -0.2) is 50.8 Å². The molecule has 0 fully saturated rings. The number of amides is 1. The topological polar surface area (TPSA) is 92.8 Å². The summed E-state index contributed by atoms with van der Waals surface area (Å²) in [7, 11) is -2.67. The van der Waals surface area contributed by atoms with Gasteiger partial charge in [-0.05, 0) is 42.5 Å². The van der Waals surface area contributed by atoms with E-state index in [0.29, 0.717) is 6.42 Å². The van der Waals surface area contributed by atoms with Crippen molar-refractivity contribution < 1.29 is 22.7 Å². The van der Waals surface area contributed by atoms with Crippen molar-refractivity contribution in [2.24, 2.45) is 0 Å². The molecule has 0 aliphatic rings. The Kier molecular flexibility index (Phi) is 8.98. The molecule has 34 heavy (non-hydrogen) atoms. The number of carbonyl (C=O) groups excluding carboxylic acids is 2. The average Bonchev–Trinajstić information content (AvgIpc) is 3.35. The summed E-state index contributed by atoms with van der Waals surface area (Å²) in [6.07, 6.45) is 0.708. The monoisotopic (exact) mass is 500 g/mol. The van der Waals surface area contributed by atoms with Crippen LogP contribution >= 0.6 is 11.3 Å². The van der Waals surface area contributed by atoms with Crippen molar-refractivity contribution in [3.05, 3.63) is 88.1 Å². The average molecular weight is 501 g/mol. The Labute approximate surface area is 204 Å². The number of benzene rings is 2. The van der Waals surface area contributed by atoms with Gasteiger partial charge in [-0.3, -0.25) is 4.79 Å².